The van der Waals surface area contributed by atoms with Gasteiger partial charge in [0.2, 0.25) is 5.91 Å². The molecule has 0 fully saturated rings. The van der Waals surface area contributed by atoms with Gasteiger partial charge in [-0.25, -0.2) is 0 Å². The molecule has 1 aliphatic rings. The molecule has 1 aliphatic heterocycles. The summed E-state index contributed by atoms with van der Waals surface area (Å²) in [5, 5.41) is 4.25. The van der Waals surface area contributed by atoms with E-state index in [0.717, 1.165) is 29.2 Å². The molecule has 0 unspecified atom stereocenters. The first-order valence-corrected chi connectivity index (χ1v) is 14.8. The molecule has 0 radical (unpaired) electrons. The summed E-state index contributed by atoms with van der Waals surface area (Å²) in [5.41, 5.74) is 4.28. The molecule has 202 valence electrons. The highest BCUT2D eigenvalue weighted by Gasteiger charge is 2.35. The Kier molecular flexibility index (Phi) is 7.64. The molecular weight excluding hydrogens is 500 g/mol. The van der Waals surface area contributed by atoms with Crippen molar-refractivity contribution in [2.75, 3.05) is 13.1 Å². The Morgan fingerprint density at radius 3 is 2.41 bits per heavy atom. The maximum Gasteiger partial charge on any atom is 0.254 e. The first kappa shape index (κ1) is 27.1. The summed E-state index contributed by atoms with van der Waals surface area (Å²) < 4.78 is 0. The highest BCUT2D eigenvalue weighted by Crippen LogP contribution is 2.38. The number of hydrogen-bond acceptors (Lipinski definition) is 3. The van der Waals surface area contributed by atoms with Crippen LogP contribution in [0, 0.1) is 0 Å². The van der Waals surface area contributed by atoms with Crippen LogP contribution < -0.4 is 0 Å². The molecule has 2 amide bonds. The van der Waals surface area contributed by atoms with Crippen LogP contribution in [0.25, 0.3) is 10.8 Å². The highest BCUT2D eigenvalue weighted by molar-refractivity contribution is 7.10. The molecule has 1 aromatic heterocycles. The summed E-state index contributed by atoms with van der Waals surface area (Å²) in [6.07, 6.45) is 1.62. The van der Waals surface area contributed by atoms with Crippen LogP contribution >= 0.6 is 11.3 Å². The average molecular weight is 539 g/mol. The molecule has 5 heteroatoms. The van der Waals surface area contributed by atoms with Gasteiger partial charge in [-0.3, -0.25) is 9.59 Å². The normalized spacial score (nSPS) is 16.1. The minimum Gasteiger partial charge on any atom is -0.330 e. The first-order valence-electron chi connectivity index (χ1n) is 13.9. The molecule has 39 heavy (non-hydrogen) atoms. The van der Waals surface area contributed by atoms with Crippen molar-refractivity contribution in [3.05, 3.63) is 105 Å². The van der Waals surface area contributed by atoms with E-state index in [2.05, 4.69) is 63.4 Å². The van der Waals surface area contributed by atoms with E-state index in [0.29, 0.717) is 12.1 Å². The van der Waals surface area contributed by atoms with E-state index in [-0.39, 0.29) is 35.9 Å². The van der Waals surface area contributed by atoms with Crippen LogP contribution in [-0.2, 0) is 16.6 Å². The second-order valence-corrected chi connectivity index (χ2v) is 12.7. The van der Waals surface area contributed by atoms with E-state index in [1.807, 2.05) is 54.3 Å². The lowest BCUT2D eigenvalue weighted by Gasteiger charge is -2.38. The van der Waals surface area contributed by atoms with Gasteiger partial charge >= 0.3 is 0 Å². The van der Waals surface area contributed by atoms with Gasteiger partial charge in [0.15, 0.2) is 0 Å². The Hall–Kier alpha value is -3.44. The summed E-state index contributed by atoms with van der Waals surface area (Å²) in [6, 6.07) is 24.5. The van der Waals surface area contributed by atoms with Gasteiger partial charge in [0.05, 0.1) is 6.04 Å². The number of benzene rings is 3. The van der Waals surface area contributed by atoms with Crippen LogP contribution in [0.3, 0.4) is 0 Å². The molecule has 0 N–H and O–H groups in total. The number of hydrogen-bond donors (Lipinski definition) is 0. The maximum atomic E-state index is 14.1. The van der Waals surface area contributed by atoms with E-state index in [1.54, 1.807) is 16.2 Å². The van der Waals surface area contributed by atoms with Crippen molar-refractivity contribution in [3.63, 3.8) is 0 Å². The van der Waals surface area contributed by atoms with Gasteiger partial charge < -0.3 is 9.80 Å². The van der Waals surface area contributed by atoms with Crippen LogP contribution in [0.2, 0.25) is 0 Å². The molecular formula is C34H38N2O2S. The zero-order valence-corrected chi connectivity index (χ0v) is 24.4. The smallest absolute Gasteiger partial charge is 0.254 e. The Labute approximate surface area is 236 Å². The Balaban J connectivity index is 1.45. The number of amides is 2. The average Bonchev–Trinajstić information content (AvgIpc) is 3.43. The quantitative estimate of drug-likeness (QED) is 0.253. The largest absolute Gasteiger partial charge is 0.330 e. The molecule has 0 saturated heterocycles. The third-order valence-electron chi connectivity index (χ3n) is 8.06. The number of fused-ring (bicyclic) bond motifs is 2. The summed E-state index contributed by atoms with van der Waals surface area (Å²) in [5.74, 6) is -0.103. The summed E-state index contributed by atoms with van der Waals surface area (Å²) >= 11 is 1.77. The predicted octanol–water partition coefficient (Wildman–Crippen LogP) is 7.61. The fraction of sp³-hybridized carbons (Fsp3) is 0.353. The monoisotopic (exact) mass is 538 g/mol. The zero-order chi connectivity index (χ0) is 27.7. The number of carbonyl (C=O) groups excluding carboxylic acids is 2. The van der Waals surface area contributed by atoms with Gasteiger partial charge in [0.1, 0.15) is 6.54 Å². The van der Waals surface area contributed by atoms with Crippen molar-refractivity contribution >= 4 is 33.9 Å². The zero-order valence-electron chi connectivity index (χ0n) is 23.6. The molecule has 0 aliphatic carbocycles. The van der Waals surface area contributed by atoms with Gasteiger partial charge in [-0.05, 0) is 76.2 Å². The minimum atomic E-state index is -0.143. The van der Waals surface area contributed by atoms with Crippen molar-refractivity contribution in [2.24, 2.45) is 0 Å². The molecule has 4 aromatic rings. The van der Waals surface area contributed by atoms with Gasteiger partial charge in [0, 0.05) is 23.0 Å². The molecule has 0 saturated carbocycles. The minimum absolute atomic E-state index is 0.00816. The van der Waals surface area contributed by atoms with Crippen LogP contribution in [0.5, 0.6) is 0 Å². The van der Waals surface area contributed by atoms with Crippen LogP contribution in [0.1, 0.15) is 79.0 Å². The third-order valence-corrected chi connectivity index (χ3v) is 9.06. The van der Waals surface area contributed by atoms with Crippen LogP contribution in [0.15, 0.2) is 78.2 Å². The summed E-state index contributed by atoms with van der Waals surface area (Å²) in [6.45, 7) is 11.5. The van der Waals surface area contributed by atoms with Crippen molar-refractivity contribution in [2.45, 2.75) is 65.0 Å². The van der Waals surface area contributed by atoms with E-state index >= 15 is 0 Å². The SMILES string of the molecule is CC[C@@H](C)N(CC(=O)N1CCc2sccc2[C@H]1c1ccc(C(C)(C)C)cc1)C(=O)c1ccc2ccccc2c1. The number of thiophene rings is 1. The lowest BCUT2D eigenvalue weighted by molar-refractivity contribution is -0.134. The molecule has 5 rings (SSSR count). The Morgan fingerprint density at radius 2 is 1.72 bits per heavy atom. The van der Waals surface area contributed by atoms with Gasteiger partial charge in [-0.1, -0.05) is 82.3 Å². The molecule has 4 nitrogen and oxygen atoms in total. The second kappa shape index (κ2) is 11.0. The van der Waals surface area contributed by atoms with E-state index in [4.69, 9.17) is 0 Å². The number of nitrogens with zero attached hydrogens (tertiary/aromatic N) is 2. The fourth-order valence-corrected chi connectivity index (χ4v) is 6.39. The van der Waals surface area contributed by atoms with Crippen molar-refractivity contribution < 1.29 is 9.59 Å². The molecule has 0 bridgehead atoms. The van der Waals surface area contributed by atoms with Crippen LogP contribution in [-0.4, -0.2) is 40.7 Å². The maximum absolute atomic E-state index is 14.1. The predicted molar refractivity (Wildman–Crippen MR) is 161 cm³/mol. The van der Waals surface area contributed by atoms with E-state index < -0.39 is 0 Å². The molecule has 2 atom stereocenters. The lowest BCUT2D eigenvalue weighted by Crippen LogP contribution is -2.49. The highest BCUT2D eigenvalue weighted by atomic mass is 32.1. The van der Waals surface area contributed by atoms with Crippen molar-refractivity contribution in [1.82, 2.24) is 9.80 Å². The van der Waals surface area contributed by atoms with Crippen molar-refractivity contribution in [1.29, 1.82) is 0 Å². The Bertz CT molecular complexity index is 1480. The van der Waals surface area contributed by atoms with Crippen molar-refractivity contribution in [3.8, 4) is 0 Å². The van der Waals surface area contributed by atoms with E-state index in [9.17, 15) is 9.59 Å². The van der Waals surface area contributed by atoms with Gasteiger partial charge in [0.25, 0.3) is 5.91 Å². The Morgan fingerprint density at radius 1 is 1.00 bits per heavy atom. The fourth-order valence-electron chi connectivity index (χ4n) is 5.48. The number of rotatable bonds is 6. The third kappa shape index (κ3) is 5.51. The standard InChI is InChI=1S/C34H38N2O2S/c1-6-23(2)36(33(38)27-12-11-24-9-7-8-10-26(24)21-27)22-31(37)35-19-17-30-29(18-20-39-30)32(35)25-13-15-28(16-14-25)34(3,4)5/h7-16,18,20-21,23,32H,6,17,19,22H2,1-5H3/t23-,32-/m1/s1. The van der Waals surface area contributed by atoms with Gasteiger partial charge in [-0.15, -0.1) is 11.3 Å². The van der Waals surface area contributed by atoms with Crippen LogP contribution in [0.4, 0.5) is 0 Å². The second-order valence-electron chi connectivity index (χ2n) is 11.7. The van der Waals surface area contributed by atoms with Gasteiger partial charge in [-0.2, -0.15) is 0 Å². The molecule has 3 aromatic carbocycles. The molecule has 2 heterocycles. The lowest BCUT2D eigenvalue weighted by atomic mass is 9.85. The number of carbonyl (C=O) groups is 2. The van der Waals surface area contributed by atoms with E-state index in [1.165, 1.54) is 16.0 Å². The topological polar surface area (TPSA) is 40.6 Å². The summed E-state index contributed by atoms with van der Waals surface area (Å²) in [4.78, 5) is 33.0. The molecule has 0 spiro atoms. The first-order chi connectivity index (χ1) is 18.7. The summed E-state index contributed by atoms with van der Waals surface area (Å²) in [7, 11) is 0.